The van der Waals surface area contributed by atoms with Crippen molar-refractivity contribution in [2.75, 3.05) is 0 Å². The number of benzene rings is 1. The largest absolute Gasteiger partial charge is 0.400 e. The molecule has 2 aliphatic carbocycles. The standard InChI is InChI=1S/C25H31FN2OSi/c1-6-25(29-30(7-2,8-3)9-4)15-14-20-16-23-19(17-24(20,25)5)18-27-28(23)22-12-10-21(26)11-13-22/h1,10-13,16,18H,7-9,14-15,17H2,2-5H3/t24-,25-/m0/s1. The molecule has 0 bridgehead atoms. The van der Waals surface area contributed by atoms with Gasteiger partial charge in [0.1, 0.15) is 11.4 Å². The van der Waals surface area contributed by atoms with Crippen LogP contribution in [0.2, 0.25) is 18.1 Å². The topological polar surface area (TPSA) is 27.1 Å². The molecule has 2 aliphatic rings. The fourth-order valence-corrected chi connectivity index (χ4v) is 8.44. The summed E-state index contributed by atoms with van der Waals surface area (Å²) < 4.78 is 22.3. The van der Waals surface area contributed by atoms with E-state index in [0.717, 1.165) is 48.8 Å². The summed E-state index contributed by atoms with van der Waals surface area (Å²) in [6.07, 6.45) is 13.0. The first-order valence-electron chi connectivity index (χ1n) is 11.1. The van der Waals surface area contributed by atoms with Gasteiger partial charge < -0.3 is 4.43 Å². The molecule has 2 aromatic rings. The lowest BCUT2D eigenvalue weighted by atomic mass is 9.67. The van der Waals surface area contributed by atoms with Crippen molar-refractivity contribution < 1.29 is 8.82 Å². The van der Waals surface area contributed by atoms with Gasteiger partial charge in [0.15, 0.2) is 8.32 Å². The Morgan fingerprint density at radius 2 is 1.87 bits per heavy atom. The van der Waals surface area contributed by atoms with Crippen molar-refractivity contribution in [3.05, 3.63) is 53.1 Å². The Morgan fingerprint density at radius 3 is 2.47 bits per heavy atom. The number of rotatable bonds is 6. The van der Waals surface area contributed by atoms with Crippen molar-refractivity contribution in [3.8, 4) is 18.0 Å². The molecule has 1 heterocycles. The van der Waals surface area contributed by atoms with Crippen LogP contribution in [0.15, 0.2) is 36.0 Å². The molecule has 2 atom stereocenters. The third kappa shape index (κ3) is 3.00. The first kappa shape index (κ1) is 21.1. The third-order valence-electron chi connectivity index (χ3n) is 7.72. The van der Waals surface area contributed by atoms with Crippen molar-refractivity contribution in [1.29, 1.82) is 0 Å². The molecule has 3 nitrogen and oxygen atoms in total. The van der Waals surface area contributed by atoms with E-state index in [4.69, 9.17) is 10.8 Å². The van der Waals surface area contributed by atoms with Crippen LogP contribution in [0.3, 0.4) is 0 Å². The lowest BCUT2D eigenvalue weighted by Crippen LogP contribution is -2.54. The van der Waals surface area contributed by atoms with Crippen molar-refractivity contribution >= 4 is 14.4 Å². The Kier molecular flexibility index (Phi) is 5.28. The Bertz CT molecular complexity index is 1010. The van der Waals surface area contributed by atoms with Gasteiger partial charge in [-0.05, 0) is 73.3 Å². The van der Waals surface area contributed by atoms with Gasteiger partial charge in [0.25, 0.3) is 0 Å². The lowest BCUT2D eigenvalue weighted by molar-refractivity contribution is 0.0293. The zero-order chi connectivity index (χ0) is 21.6. The fraction of sp³-hybridized carbons (Fsp3) is 0.480. The van der Waals surface area contributed by atoms with Crippen LogP contribution in [0, 0.1) is 23.6 Å². The molecule has 0 spiro atoms. The van der Waals surface area contributed by atoms with Crippen molar-refractivity contribution in [3.63, 3.8) is 0 Å². The predicted octanol–water partition coefficient (Wildman–Crippen LogP) is 6.14. The molecule has 1 aromatic carbocycles. The second-order valence-corrected chi connectivity index (χ2v) is 13.6. The van der Waals surface area contributed by atoms with Crippen LogP contribution in [-0.4, -0.2) is 23.7 Å². The van der Waals surface area contributed by atoms with Crippen LogP contribution in [-0.2, 0) is 10.8 Å². The second-order valence-electron chi connectivity index (χ2n) is 8.94. The highest BCUT2D eigenvalue weighted by Gasteiger charge is 2.58. The number of terminal acetylenes is 1. The second kappa shape index (κ2) is 7.51. The molecule has 4 rings (SSSR count). The van der Waals surface area contributed by atoms with E-state index in [1.54, 1.807) is 12.1 Å². The van der Waals surface area contributed by atoms with Gasteiger partial charge in [0.2, 0.25) is 0 Å². The van der Waals surface area contributed by atoms with E-state index in [2.05, 4.69) is 44.8 Å². The number of hydrogen-bond donors (Lipinski definition) is 0. The average Bonchev–Trinajstić information content (AvgIpc) is 3.29. The normalized spacial score (nSPS) is 25.4. The molecule has 0 saturated heterocycles. The zero-order valence-corrected chi connectivity index (χ0v) is 19.5. The molecule has 0 radical (unpaired) electrons. The van der Waals surface area contributed by atoms with Gasteiger partial charge in [-0.3, -0.25) is 0 Å². The van der Waals surface area contributed by atoms with Gasteiger partial charge in [-0.15, -0.1) is 6.42 Å². The van der Waals surface area contributed by atoms with Crippen LogP contribution >= 0.6 is 0 Å². The molecular formula is C25H31FN2OSi. The first-order chi connectivity index (χ1) is 14.4. The summed E-state index contributed by atoms with van der Waals surface area (Å²) in [6.45, 7) is 9.04. The van der Waals surface area contributed by atoms with E-state index in [1.165, 1.54) is 23.3 Å². The monoisotopic (exact) mass is 422 g/mol. The van der Waals surface area contributed by atoms with E-state index < -0.39 is 13.9 Å². The minimum absolute atomic E-state index is 0.219. The Labute approximate surface area is 180 Å². The summed E-state index contributed by atoms with van der Waals surface area (Å²) >= 11 is 0. The van der Waals surface area contributed by atoms with Gasteiger partial charge >= 0.3 is 0 Å². The molecule has 1 fully saturated rings. The van der Waals surface area contributed by atoms with E-state index in [1.807, 2.05) is 10.9 Å². The Morgan fingerprint density at radius 1 is 1.20 bits per heavy atom. The van der Waals surface area contributed by atoms with Gasteiger partial charge in [-0.25, -0.2) is 9.07 Å². The van der Waals surface area contributed by atoms with Gasteiger partial charge in [0.05, 0.1) is 17.6 Å². The van der Waals surface area contributed by atoms with Crippen LogP contribution in [0.1, 0.15) is 51.8 Å². The molecule has 0 N–H and O–H groups in total. The summed E-state index contributed by atoms with van der Waals surface area (Å²) in [6, 6.07) is 9.75. The fourth-order valence-electron chi connectivity index (χ4n) is 5.39. The maximum absolute atomic E-state index is 13.4. The highest BCUT2D eigenvalue weighted by molar-refractivity contribution is 6.73. The summed E-state index contributed by atoms with van der Waals surface area (Å²) in [5.74, 6) is 2.91. The zero-order valence-electron chi connectivity index (χ0n) is 18.5. The number of hydrogen-bond acceptors (Lipinski definition) is 2. The van der Waals surface area contributed by atoms with Crippen molar-refractivity contribution in [2.45, 2.75) is 70.7 Å². The number of halogens is 1. The Hall–Kier alpha value is -2.16. The highest BCUT2D eigenvalue weighted by atomic mass is 28.4. The minimum Gasteiger partial charge on any atom is -0.400 e. The third-order valence-corrected chi connectivity index (χ3v) is 12.4. The van der Waals surface area contributed by atoms with Crippen LogP contribution in [0.4, 0.5) is 4.39 Å². The summed E-state index contributed by atoms with van der Waals surface area (Å²) in [4.78, 5) is 0. The number of fused-ring (bicyclic) bond motifs is 2. The highest BCUT2D eigenvalue weighted by Crippen LogP contribution is 2.58. The summed E-state index contributed by atoms with van der Waals surface area (Å²) in [5, 5.41) is 4.62. The van der Waals surface area contributed by atoms with Gasteiger partial charge in [-0.1, -0.05) is 39.2 Å². The van der Waals surface area contributed by atoms with Crippen LogP contribution in [0.25, 0.3) is 11.8 Å². The minimum atomic E-state index is -1.87. The van der Waals surface area contributed by atoms with E-state index in [9.17, 15) is 4.39 Å². The van der Waals surface area contributed by atoms with Crippen LogP contribution < -0.4 is 0 Å². The van der Waals surface area contributed by atoms with E-state index in [0.29, 0.717) is 0 Å². The van der Waals surface area contributed by atoms with Gasteiger partial charge in [0, 0.05) is 5.41 Å². The Balaban J connectivity index is 1.75. The predicted molar refractivity (Wildman–Crippen MR) is 122 cm³/mol. The number of aromatic nitrogens is 2. The molecule has 1 saturated carbocycles. The molecule has 158 valence electrons. The maximum Gasteiger partial charge on any atom is 0.194 e. The van der Waals surface area contributed by atoms with Crippen LogP contribution in [0.5, 0.6) is 0 Å². The quantitative estimate of drug-likeness (QED) is 0.413. The molecule has 0 amide bonds. The molecule has 30 heavy (non-hydrogen) atoms. The van der Waals surface area contributed by atoms with Crippen molar-refractivity contribution in [1.82, 2.24) is 9.78 Å². The smallest absolute Gasteiger partial charge is 0.194 e. The lowest BCUT2D eigenvalue weighted by Gasteiger charge is -2.47. The maximum atomic E-state index is 13.4. The van der Waals surface area contributed by atoms with E-state index >= 15 is 0 Å². The molecule has 1 aromatic heterocycles. The molecular weight excluding hydrogens is 391 g/mol. The summed E-state index contributed by atoms with van der Waals surface area (Å²) in [5.41, 5.74) is 3.69. The van der Waals surface area contributed by atoms with Crippen molar-refractivity contribution in [2.24, 2.45) is 5.41 Å². The molecule has 0 aliphatic heterocycles. The number of nitrogens with zero attached hydrogens (tertiary/aromatic N) is 2. The van der Waals surface area contributed by atoms with Gasteiger partial charge in [-0.2, -0.15) is 5.10 Å². The average molecular weight is 423 g/mol. The SMILES string of the molecule is C#C[C@]1(O[Si](CC)(CC)CC)CCC2=Cc3c(cnn3-c3ccc(F)cc3)C[C@@]21C. The van der Waals surface area contributed by atoms with E-state index in [-0.39, 0.29) is 11.2 Å². The molecule has 5 heteroatoms. The first-order valence-corrected chi connectivity index (χ1v) is 13.6. The summed E-state index contributed by atoms with van der Waals surface area (Å²) in [7, 11) is -1.87. The molecule has 0 unspecified atom stereocenters.